The van der Waals surface area contributed by atoms with E-state index < -0.39 is 9.84 Å². The quantitative estimate of drug-likeness (QED) is 0.800. The molecule has 0 saturated heterocycles. The first-order valence-electron chi connectivity index (χ1n) is 9.85. The van der Waals surface area contributed by atoms with Crippen LogP contribution in [0.2, 0.25) is 0 Å². The van der Waals surface area contributed by atoms with Crippen LogP contribution in [0.4, 0.5) is 0 Å². The average Bonchev–Trinajstić information content (AvgIpc) is 3.45. The molecule has 1 atom stereocenters. The van der Waals surface area contributed by atoms with E-state index in [0.29, 0.717) is 23.2 Å². The number of fused-ring (bicyclic) bond motifs is 2. The molecule has 3 heterocycles. The third-order valence-corrected chi connectivity index (χ3v) is 6.88. The maximum atomic E-state index is 13.1. The molecular formula is C21H23N3O4S. The van der Waals surface area contributed by atoms with Crippen molar-refractivity contribution in [3.05, 3.63) is 57.2 Å². The van der Waals surface area contributed by atoms with Crippen LogP contribution in [0, 0.1) is 5.92 Å². The van der Waals surface area contributed by atoms with Gasteiger partial charge in [0.15, 0.2) is 9.84 Å². The molecule has 1 N–H and O–H groups in total. The van der Waals surface area contributed by atoms with E-state index in [1.165, 1.54) is 10.8 Å². The highest BCUT2D eigenvalue weighted by atomic mass is 32.2. The second-order valence-electron chi connectivity index (χ2n) is 8.38. The molecule has 0 radical (unpaired) electrons. The second kappa shape index (κ2) is 6.19. The molecule has 1 amide bonds. The van der Waals surface area contributed by atoms with E-state index >= 15 is 0 Å². The van der Waals surface area contributed by atoms with E-state index in [2.05, 4.69) is 5.32 Å². The van der Waals surface area contributed by atoms with Gasteiger partial charge in [-0.15, -0.1) is 0 Å². The van der Waals surface area contributed by atoms with Gasteiger partial charge < -0.3 is 14.8 Å². The molecule has 29 heavy (non-hydrogen) atoms. The van der Waals surface area contributed by atoms with E-state index in [1.54, 1.807) is 19.3 Å². The SMILES string of the molecule is Cn1ccc2c(c1=O)C1=C3C(=CN(C(=O)C4CC4)C3CCN1)C=C2CS(C)(=O)=O. The summed E-state index contributed by atoms with van der Waals surface area (Å²) in [5.41, 5.74) is 4.03. The minimum Gasteiger partial charge on any atom is -0.384 e. The number of pyridine rings is 1. The molecule has 1 unspecified atom stereocenters. The minimum atomic E-state index is -3.31. The Balaban J connectivity index is 1.77. The number of carbonyl (C=O) groups is 1. The van der Waals surface area contributed by atoms with Crippen LogP contribution >= 0.6 is 0 Å². The fourth-order valence-electron chi connectivity index (χ4n) is 4.57. The normalized spacial score (nSPS) is 23.0. The molecule has 2 aliphatic carbocycles. The summed E-state index contributed by atoms with van der Waals surface area (Å²) in [6.07, 6.45) is 9.17. The van der Waals surface area contributed by atoms with Crippen LogP contribution in [0.3, 0.4) is 0 Å². The summed E-state index contributed by atoms with van der Waals surface area (Å²) >= 11 is 0. The molecule has 1 aromatic rings. The average molecular weight is 413 g/mol. The molecule has 152 valence electrons. The van der Waals surface area contributed by atoms with E-state index in [9.17, 15) is 18.0 Å². The predicted molar refractivity (Wildman–Crippen MR) is 110 cm³/mol. The van der Waals surface area contributed by atoms with Crippen LogP contribution in [-0.2, 0) is 21.7 Å². The van der Waals surface area contributed by atoms with E-state index in [0.717, 1.165) is 36.1 Å². The smallest absolute Gasteiger partial charge is 0.260 e. The number of nitrogens with one attached hydrogen (secondary N) is 1. The lowest BCUT2D eigenvalue weighted by Crippen LogP contribution is -2.41. The highest BCUT2D eigenvalue weighted by Crippen LogP contribution is 2.44. The number of amides is 1. The molecule has 2 aliphatic heterocycles. The van der Waals surface area contributed by atoms with Crippen LogP contribution in [0.5, 0.6) is 0 Å². The number of carbonyl (C=O) groups excluding carboxylic acids is 1. The van der Waals surface area contributed by atoms with Crippen LogP contribution < -0.4 is 10.9 Å². The van der Waals surface area contributed by atoms with Crippen molar-refractivity contribution in [1.29, 1.82) is 0 Å². The summed E-state index contributed by atoms with van der Waals surface area (Å²) in [4.78, 5) is 27.8. The number of sulfone groups is 1. The molecule has 1 fully saturated rings. The summed E-state index contributed by atoms with van der Waals surface area (Å²) in [6.45, 7) is 0.651. The highest BCUT2D eigenvalue weighted by molar-refractivity contribution is 7.91. The first-order valence-corrected chi connectivity index (χ1v) is 11.9. The molecule has 0 bridgehead atoms. The summed E-state index contributed by atoms with van der Waals surface area (Å²) in [5, 5.41) is 3.38. The third kappa shape index (κ3) is 2.97. The largest absolute Gasteiger partial charge is 0.384 e. The highest BCUT2D eigenvalue weighted by Gasteiger charge is 2.43. The lowest BCUT2D eigenvalue weighted by molar-refractivity contribution is -0.131. The number of aryl methyl sites for hydroxylation is 1. The third-order valence-electron chi connectivity index (χ3n) is 6.04. The Labute approximate surface area is 169 Å². The molecule has 0 aromatic carbocycles. The van der Waals surface area contributed by atoms with Gasteiger partial charge in [-0.2, -0.15) is 0 Å². The van der Waals surface area contributed by atoms with Crippen molar-refractivity contribution in [3.63, 3.8) is 0 Å². The van der Waals surface area contributed by atoms with Crippen molar-refractivity contribution in [1.82, 2.24) is 14.8 Å². The van der Waals surface area contributed by atoms with Crippen molar-refractivity contribution in [2.45, 2.75) is 25.3 Å². The zero-order valence-electron chi connectivity index (χ0n) is 16.4. The zero-order valence-corrected chi connectivity index (χ0v) is 17.3. The Bertz CT molecular complexity index is 1200. The summed E-state index contributed by atoms with van der Waals surface area (Å²) in [7, 11) is -1.63. The van der Waals surface area contributed by atoms with Gasteiger partial charge in [0, 0.05) is 43.7 Å². The van der Waals surface area contributed by atoms with Gasteiger partial charge in [0.25, 0.3) is 5.56 Å². The second-order valence-corrected chi connectivity index (χ2v) is 10.5. The van der Waals surface area contributed by atoms with Gasteiger partial charge in [-0.3, -0.25) is 9.59 Å². The number of hydrogen-bond acceptors (Lipinski definition) is 5. The van der Waals surface area contributed by atoms with Gasteiger partial charge in [-0.05, 0) is 48.1 Å². The number of allylic oxidation sites excluding steroid dienone is 1. The predicted octanol–water partition coefficient (Wildman–Crippen LogP) is 1.04. The van der Waals surface area contributed by atoms with Gasteiger partial charge in [0.05, 0.1) is 23.1 Å². The van der Waals surface area contributed by atoms with E-state index in [1.807, 2.05) is 17.2 Å². The first kappa shape index (κ1) is 18.4. The number of aromatic nitrogens is 1. The standard InChI is InChI=1S/C21H23N3O4S/c1-23-8-6-15-14(11-29(2,27)28)9-13-10-24(20(25)12-3-4-12)16-5-7-22-19(17(13)16)18(15)21(23)26/h6,8-10,12,16,22H,3-5,7,11H2,1-2H3. The van der Waals surface area contributed by atoms with Crippen LogP contribution in [0.25, 0.3) is 11.3 Å². The zero-order chi connectivity index (χ0) is 20.5. The summed E-state index contributed by atoms with van der Waals surface area (Å²) in [6, 6.07) is 1.70. The number of rotatable bonds is 3. The van der Waals surface area contributed by atoms with E-state index in [-0.39, 0.29) is 29.2 Å². The molecule has 5 rings (SSSR count). The number of hydrogen-bond donors (Lipinski definition) is 1. The molecule has 0 spiro atoms. The molecule has 1 saturated carbocycles. The Morgan fingerprint density at radius 3 is 2.72 bits per heavy atom. The summed E-state index contributed by atoms with van der Waals surface area (Å²) in [5.74, 6) is 0.0584. The van der Waals surface area contributed by atoms with Crippen molar-refractivity contribution >= 4 is 27.0 Å². The van der Waals surface area contributed by atoms with Crippen LogP contribution in [-0.4, -0.2) is 48.4 Å². The van der Waals surface area contributed by atoms with Crippen molar-refractivity contribution < 1.29 is 13.2 Å². The maximum Gasteiger partial charge on any atom is 0.260 e. The monoisotopic (exact) mass is 413 g/mol. The molecule has 8 heteroatoms. The molecule has 4 aliphatic rings. The van der Waals surface area contributed by atoms with Gasteiger partial charge in [0.2, 0.25) is 5.91 Å². The fraction of sp³-hybridized carbons (Fsp3) is 0.429. The Morgan fingerprint density at radius 2 is 2.03 bits per heavy atom. The van der Waals surface area contributed by atoms with Gasteiger partial charge in [-0.1, -0.05) is 0 Å². The molecule has 1 aromatic heterocycles. The van der Waals surface area contributed by atoms with Crippen molar-refractivity contribution in [2.24, 2.45) is 13.0 Å². The Hall–Kier alpha value is -2.61. The number of nitrogens with zero attached hydrogens (tertiary/aromatic N) is 2. The lowest BCUT2D eigenvalue weighted by Gasteiger charge is -2.31. The van der Waals surface area contributed by atoms with Crippen molar-refractivity contribution in [2.75, 3.05) is 18.6 Å². The summed E-state index contributed by atoms with van der Waals surface area (Å²) < 4.78 is 25.8. The van der Waals surface area contributed by atoms with Crippen LogP contribution in [0.15, 0.2) is 40.5 Å². The van der Waals surface area contributed by atoms with Crippen molar-refractivity contribution in [3.8, 4) is 0 Å². The first-order chi connectivity index (χ1) is 13.7. The Kier molecular flexibility index (Phi) is 3.93. The van der Waals surface area contributed by atoms with Gasteiger partial charge >= 0.3 is 0 Å². The van der Waals surface area contributed by atoms with Gasteiger partial charge in [0.1, 0.15) is 0 Å². The van der Waals surface area contributed by atoms with Gasteiger partial charge in [-0.25, -0.2) is 8.42 Å². The fourth-order valence-corrected chi connectivity index (χ4v) is 5.37. The Morgan fingerprint density at radius 1 is 1.28 bits per heavy atom. The lowest BCUT2D eigenvalue weighted by atomic mass is 9.92. The topological polar surface area (TPSA) is 88.5 Å². The maximum absolute atomic E-state index is 13.1. The van der Waals surface area contributed by atoms with Crippen LogP contribution in [0.1, 0.15) is 30.4 Å². The van der Waals surface area contributed by atoms with E-state index in [4.69, 9.17) is 0 Å². The molecular weight excluding hydrogens is 390 g/mol. The molecule has 7 nitrogen and oxygen atoms in total. The minimum absolute atomic E-state index is 0.0905.